The van der Waals surface area contributed by atoms with Crippen LogP contribution in [0.15, 0.2) is 12.3 Å². The molecule has 0 radical (unpaired) electrons. The number of likely N-dealkylation sites (tertiary alicyclic amines) is 1. The molecule has 3 heteroatoms. The number of nitrogens with zero attached hydrogens (tertiary/aromatic N) is 1. The van der Waals surface area contributed by atoms with Crippen molar-refractivity contribution in [1.29, 1.82) is 0 Å². The molecule has 0 amide bonds. The molecule has 14 heavy (non-hydrogen) atoms. The zero-order chi connectivity index (χ0) is 10.2. The van der Waals surface area contributed by atoms with Crippen LogP contribution in [0.2, 0.25) is 0 Å². The minimum Gasteiger partial charge on any atom is -0.379 e. The first-order valence-corrected chi connectivity index (χ1v) is 5.39. The molecule has 80 valence electrons. The highest BCUT2D eigenvalue weighted by atomic mass is 16.5. The zero-order valence-electron chi connectivity index (χ0n) is 8.96. The van der Waals surface area contributed by atoms with E-state index < -0.39 is 0 Å². The van der Waals surface area contributed by atoms with Crippen LogP contribution < -0.4 is 5.73 Å². The van der Waals surface area contributed by atoms with Gasteiger partial charge in [-0.25, -0.2) is 0 Å². The molecule has 0 spiro atoms. The van der Waals surface area contributed by atoms with Gasteiger partial charge in [-0.2, -0.15) is 0 Å². The molecule has 0 aromatic carbocycles. The maximum absolute atomic E-state index is 5.87. The average Bonchev–Trinajstić information content (AvgIpc) is 2.14. The topological polar surface area (TPSA) is 38.5 Å². The third kappa shape index (κ3) is 1.66. The van der Waals surface area contributed by atoms with E-state index in [0.29, 0.717) is 6.04 Å². The summed E-state index contributed by atoms with van der Waals surface area (Å²) in [5.41, 5.74) is 7.31. The van der Waals surface area contributed by atoms with E-state index in [1.54, 1.807) is 0 Å². The molecule has 0 aliphatic carbocycles. The molecule has 2 rings (SSSR count). The molecule has 0 aromatic rings. The van der Waals surface area contributed by atoms with Crippen molar-refractivity contribution in [2.24, 2.45) is 11.1 Å². The van der Waals surface area contributed by atoms with E-state index in [0.717, 1.165) is 39.1 Å². The molecule has 2 fully saturated rings. The lowest BCUT2D eigenvalue weighted by Crippen LogP contribution is -2.49. The van der Waals surface area contributed by atoms with Gasteiger partial charge in [0.25, 0.3) is 0 Å². The Balaban J connectivity index is 1.92. The quantitative estimate of drug-likeness (QED) is 0.715. The third-order valence-electron chi connectivity index (χ3n) is 3.46. The maximum atomic E-state index is 5.87. The summed E-state index contributed by atoms with van der Waals surface area (Å²) in [6, 6.07) is 0.393. The SMILES string of the molecule is C=C(N1CCC(N)CC1)C1(C)COC1. The lowest BCUT2D eigenvalue weighted by molar-refractivity contribution is -0.0915. The number of rotatable bonds is 2. The second-order valence-corrected chi connectivity index (χ2v) is 4.82. The van der Waals surface area contributed by atoms with Crippen LogP contribution in [-0.4, -0.2) is 37.2 Å². The van der Waals surface area contributed by atoms with Crippen LogP contribution >= 0.6 is 0 Å². The van der Waals surface area contributed by atoms with E-state index in [4.69, 9.17) is 10.5 Å². The number of hydrogen-bond acceptors (Lipinski definition) is 3. The van der Waals surface area contributed by atoms with Crippen LogP contribution in [0.25, 0.3) is 0 Å². The molecule has 2 aliphatic heterocycles. The van der Waals surface area contributed by atoms with Gasteiger partial charge in [-0.1, -0.05) is 6.58 Å². The highest BCUT2D eigenvalue weighted by Gasteiger charge is 2.39. The Morgan fingerprint density at radius 2 is 2.00 bits per heavy atom. The number of ether oxygens (including phenoxy) is 1. The van der Waals surface area contributed by atoms with Gasteiger partial charge >= 0.3 is 0 Å². The Bertz CT molecular complexity index is 227. The van der Waals surface area contributed by atoms with E-state index in [2.05, 4.69) is 18.4 Å². The zero-order valence-corrected chi connectivity index (χ0v) is 8.96. The lowest BCUT2D eigenvalue weighted by Gasteiger charge is -2.46. The van der Waals surface area contributed by atoms with Gasteiger partial charge in [0.2, 0.25) is 0 Å². The summed E-state index contributed by atoms with van der Waals surface area (Å²) < 4.78 is 5.26. The van der Waals surface area contributed by atoms with Crippen LogP contribution in [-0.2, 0) is 4.74 Å². The van der Waals surface area contributed by atoms with Crippen molar-refractivity contribution in [3.8, 4) is 0 Å². The van der Waals surface area contributed by atoms with Gasteiger partial charge in [-0.3, -0.25) is 0 Å². The summed E-state index contributed by atoms with van der Waals surface area (Å²) in [6.07, 6.45) is 2.19. The van der Waals surface area contributed by atoms with Gasteiger partial charge < -0.3 is 15.4 Å². The predicted octanol–water partition coefficient (Wildman–Crippen LogP) is 0.960. The molecule has 2 N–H and O–H groups in total. The molecule has 3 nitrogen and oxygen atoms in total. The van der Waals surface area contributed by atoms with E-state index in [1.807, 2.05) is 0 Å². The number of nitrogens with two attached hydrogens (primary N) is 1. The van der Waals surface area contributed by atoms with Crippen molar-refractivity contribution < 1.29 is 4.74 Å². The molecule has 2 heterocycles. The summed E-state index contributed by atoms with van der Waals surface area (Å²) in [7, 11) is 0. The highest BCUT2D eigenvalue weighted by Crippen LogP contribution is 2.36. The highest BCUT2D eigenvalue weighted by molar-refractivity contribution is 5.12. The standard InChI is InChI=1S/C11H20N2O/c1-9(11(2)7-14-8-11)13-5-3-10(12)4-6-13/h10H,1,3-8,12H2,2H3. The third-order valence-corrected chi connectivity index (χ3v) is 3.46. The van der Waals surface area contributed by atoms with Gasteiger partial charge in [-0.15, -0.1) is 0 Å². The Hall–Kier alpha value is -0.540. The van der Waals surface area contributed by atoms with Crippen molar-refractivity contribution in [3.05, 3.63) is 12.3 Å². The smallest absolute Gasteiger partial charge is 0.0597 e. The molecule has 2 saturated heterocycles. The van der Waals surface area contributed by atoms with Gasteiger partial charge in [0.15, 0.2) is 0 Å². The largest absolute Gasteiger partial charge is 0.379 e. The Labute approximate surface area is 85.9 Å². The fraction of sp³-hybridized carbons (Fsp3) is 0.818. The fourth-order valence-electron chi connectivity index (χ4n) is 2.13. The second-order valence-electron chi connectivity index (χ2n) is 4.82. The van der Waals surface area contributed by atoms with Gasteiger partial charge in [0.1, 0.15) is 0 Å². The maximum Gasteiger partial charge on any atom is 0.0597 e. The van der Waals surface area contributed by atoms with Crippen LogP contribution in [0, 0.1) is 5.41 Å². The van der Waals surface area contributed by atoms with Crippen LogP contribution in [0.4, 0.5) is 0 Å². The summed E-state index contributed by atoms with van der Waals surface area (Å²) in [5.74, 6) is 0. The first-order chi connectivity index (χ1) is 6.62. The van der Waals surface area contributed by atoms with Gasteiger partial charge in [0.05, 0.1) is 18.6 Å². The van der Waals surface area contributed by atoms with Crippen molar-refractivity contribution >= 4 is 0 Å². The van der Waals surface area contributed by atoms with Crippen LogP contribution in [0.1, 0.15) is 19.8 Å². The van der Waals surface area contributed by atoms with E-state index in [1.165, 1.54) is 5.70 Å². The Morgan fingerprint density at radius 3 is 2.43 bits per heavy atom. The molecule has 0 saturated carbocycles. The molecule has 0 unspecified atom stereocenters. The Morgan fingerprint density at radius 1 is 1.43 bits per heavy atom. The molecular weight excluding hydrogens is 176 g/mol. The van der Waals surface area contributed by atoms with Crippen molar-refractivity contribution in [1.82, 2.24) is 4.90 Å². The lowest BCUT2D eigenvalue weighted by atomic mass is 9.84. The van der Waals surface area contributed by atoms with Crippen molar-refractivity contribution in [3.63, 3.8) is 0 Å². The summed E-state index contributed by atoms with van der Waals surface area (Å²) in [4.78, 5) is 2.38. The molecule has 2 aliphatic rings. The second kappa shape index (κ2) is 3.55. The normalized spacial score (nSPS) is 27.1. The summed E-state index contributed by atoms with van der Waals surface area (Å²) in [5, 5.41) is 0. The fourth-order valence-corrected chi connectivity index (χ4v) is 2.13. The van der Waals surface area contributed by atoms with Crippen LogP contribution in [0.5, 0.6) is 0 Å². The summed E-state index contributed by atoms with van der Waals surface area (Å²) >= 11 is 0. The van der Waals surface area contributed by atoms with Gasteiger partial charge in [-0.05, 0) is 19.8 Å². The van der Waals surface area contributed by atoms with E-state index in [-0.39, 0.29) is 5.41 Å². The van der Waals surface area contributed by atoms with Crippen LogP contribution in [0.3, 0.4) is 0 Å². The minimum atomic E-state index is 0.196. The van der Waals surface area contributed by atoms with E-state index in [9.17, 15) is 0 Å². The molecule has 0 aromatic heterocycles. The van der Waals surface area contributed by atoms with E-state index >= 15 is 0 Å². The van der Waals surface area contributed by atoms with Crippen molar-refractivity contribution in [2.45, 2.75) is 25.8 Å². The number of piperidine rings is 1. The van der Waals surface area contributed by atoms with Crippen molar-refractivity contribution in [2.75, 3.05) is 26.3 Å². The molecular formula is C11H20N2O. The molecule has 0 bridgehead atoms. The van der Waals surface area contributed by atoms with Gasteiger partial charge in [0, 0.05) is 24.8 Å². The summed E-state index contributed by atoms with van der Waals surface area (Å²) in [6.45, 7) is 10.2. The Kier molecular flexibility index (Phi) is 2.54. The minimum absolute atomic E-state index is 0.196. The predicted molar refractivity (Wildman–Crippen MR) is 56.8 cm³/mol. The first-order valence-electron chi connectivity index (χ1n) is 5.39. The monoisotopic (exact) mass is 196 g/mol. The average molecular weight is 196 g/mol. The first kappa shape index (κ1) is 9.99. The molecule has 0 atom stereocenters. The number of hydrogen-bond donors (Lipinski definition) is 1.